The topological polar surface area (TPSA) is 68.9 Å². The van der Waals surface area contributed by atoms with Gasteiger partial charge >= 0.3 is 0 Å². The van der Waals surface area contributed by atoms with Gasteiger partial charge in [0.2, 0.25) is 5.91 Å². The van der Waals surface area contributed by atoms with Crippen LogP contribution in [0.25, 0.3) is 21.8 Å². The van der Waals surface area contributed by atoms with Crippen LogP contribution < -0.4 is 10.9 Å². The number of fused-ring (bicyclic) bond motifs is 3. The molecular formula is C22H24N4O2S. The Balaban J connectivity index is 1.80. The zero-order valence-electron chi connectivity index (χ0n) is 16.8. The summed E-state index contributed by atoms with van der Waals surface area (Å²) in [7, 11) is 1.63. The van der Waals surface area contributed by atoms with E-state index in [1.807, 2.05) is 47.2 Å². The molecule has 1 amide bonds. The van der Waals surface area contributed by atoms with Crippen molar-refractivity contribution >= 4 is 39.0 Å². The van der Waals surface area contributed by atoms with Crippen molar-refractivity contribution in [1.29, 1.82) is 0 Å². The quantitative estimate of drug-likeness (QED) is 0.521. The molecule has 2 atom stereocenters. The second kappa shape index (κ2) is 7.83. The van der Waals surface area contributed by atoms with E-state index in [-0.39, 0.29) is 17.5 Å². The van der Waals surface area contributed by atoms with Gasteiger partial charge in [0.15, 0.2) is 0 Å². The number of para-hydroxylation sites is 1. The molecule has 0 aliphatic heterocycles. The van der Waals surface area contributed by atoms with E-state index in [1.165, 1.54) is 4.68 Å². The van der Waals surface area contributed by atoms with Gasteiger partial charge in [-0.3, -0.25) is 9.59 Å². The molecule has 4 aromatic rings. The second-order valence-electron chi connectivity index (χ2n) is 7.26. The number of nitrogens with zero attached hydrogens (tertiary/aromatic N) is 3. The fraction of sp³-hybridized carbons (Fsp3) is 0.318. The van der Waals surface area contributed by atoms with Gasteiger partial charge in [0.1, 0.15) is 11.6 Å². The van der Waals surface area contributed by atoms with Gasteiger partial charge in [-0.2, -0.15) is 5.10 Å². The van der Waals surface area contributed by atoms with E-state index in [4.69, 9.17) is 0 Å². The molecule has 29 heavy (non-hydrogen) atoms. The summed E-state index contributed by atoms with van der Waals surface area (Å²) in [5.41, 5.74) is 1.16. The van der Waals surface area contributed by atoms with Crippen molar-refractivity contribution in [1.82, 2.24) is 19.7 Å². The number of amides is 1. The Hall–Kier alpha value is -2.93. The number of thiophene rings is 1. The minimum absolute atomic E-state index is 0.0208. The van der Waals surface area contributed by atoms with Crippen LogP contribution in [0, 0.1) is 0 Å². The first-order valence-electron chi connectivity index (χ1n) is 9.81. The van der Waals surface area contributed by atoms with Crippen molar-refractivity contribution in [3.63, 3.8) is 0 Å². The number of hydrogen-bond donors (Lipinski definition) is 1. The smallest absolute Gasteiger partial charge is 0.291 e. The minimum atomic E-state index is -0.535. The molecule has 4 rings (SSSR count). The zero-order valence-corrected chi connectivity index (χ0v) is 17.6. The highest BCUT2D eigenvalue weighted by Gasteiger charge is 2.25. The van der Waals surface area contributed by atoms with Crippen LogP contribution in [0.5, 0.6) is 0 Å². The van der Waals surface area contributed by atoms with E-state index in [0.717, 1.165) is 34.0 Å². The molecule has 0 saturated carbocycles. The van der Waals surface area contributed by atoms with Crippen LogP contribution in [-0.4, -0.2) is 20.3 Å². The molecule has 0 unspecified atom stereocenters. The van der Waals surface area contributed by atoms with Gasteiger partial charge in [0.25, 0.3) is 5.56 Å². The molecule has 0 spiro atoms. The number of nitrogens with one attached hydrogen (secondary N) is 1. The second-order valence-corrected chi connectivity index (χ2v) is 8.24. The lowest BCUT2D eigenvalue weighted by Crippen LogP contribution is -2.34. The molecule has 7 heteroatoms. The van der Waals surface area contributed by atoms with Crippen molar-refractivity contribution in [2.24, 2.45) is 7.05 Å². The first-order valence-corrected chi connectivity index (χ1v) is 10.7. The van der Waals surface area contributed by atoms with Crippen molar-refractivity contribution < 1.29 is 4.79 Å². The molecule has 150 valence electrons. The molecule has 0 radical (unpaired) electrons. The Morgan fingerprint density at radius 1 is 1.21 bits per heavy atom. The van der Waals surface area contributed by atoms with E-state index in [9.17, 15) is 9.59 Å². The SMILES string of the molecule is CCC[C@@H](NC(=O)[C@H](C)n1c2ccccc2c2cnn(C)c(=O)c21)c1cccs1. The van der Waals surface area contributed by atoms with Gasteiger partial charge in [0, 0.05) is 22.7 Å². The fourth-order valence-corrected chi connectivity index (χ4v) is 4.68. The average Bonchev–Trinajstić information content (AvgIpc) is 3.36. The van der Waals surface area contributed by atoms with Crippen molar-refractivity contribution in [3.8, 4) is 0 Å². The molecular weight excluding hydrogens is 384 g/mol. The summed E-state index contributed by atoms with van der Waals surface area (Å²) in [6.45, 7) is 3.96. The lowest BCUT2D eigenvalue weighted by atomic mass is 10.1. The largest absolute Gasteiger partial charge is 0.347 e. The van der Waals surface area contributed by atoms with Gasteiger partial charge in [0.05, 0.1) is 17.8 Å². The van der Waals surface area contributed by atoms with Gasteiger partial charge < -0.3 is 9.88 Å². The number of carbonyl (C=O) groups is 1. The average molecular weight is 409 g/mol. The van der Waals surface area contributed by atoms with Gasteiger partial charge in [-0.15, -0.1) is 11.3 Å². The summed E-state index contributed by atoms with van der Waals surface area (Å²) in [5, 5.41) is 11.1. The molecule has 1 aromatic carbocycles. The van der Waals surface area contributed by atoms with Crippen LogP contribution in [-0.2, 0) is 11.8 Å². The summed E-state index contributed by atoms with van der Waals surface area (Å²) >= 11 is 1.65. The Kier molecular flexibility index (Phi) is 5.24. The molecule has 0 aliphatic rings. The highest BCUT2D eigenvalue weighted by Crippen LogP contribution is 2.30. The summed E-state index contributed by atoms with van der Waals surface area (Å²) in [5.74, 6) is -0.0987. The van der Waals surface area contributed by atoms with Crippen LogP contribution in [0.1, 0.15) is 43.6 Å². The zero-order chi connectivity index (χ0) is 20.5. The third kappa shape index (κ3) is 3.35. The number of rotatable bonds is 6. The summed E-state index contributed by atoms with van der Waals surface area (Å²) in [6.07, 6.45) is 3.54. The molecule has 0 aliphatic carbocycles. The van der Waals surface area contributed by atoms with Crippen LogP contribution >= 0.6 is 11.3 Å². The minimum Gasteiger partial charge on any atom is -0.347 e. The van der Waals surface area contributed by atoms with E-state index in [1.54, 1.807) is 24.6 Å². The third-order valence-corrected chi connectivity index (χ3v) is 6.34. The van der Waals surface area contributed by atoms with E-state index < -0.39 is 6.04 Å². The summed E-state index contributed by atoms with van der Waals surface area (Å²) < 4.78 is 3.16. The highest BCUT2D eigenvalue weighted by molar-refractivity contribution is 7.10. The lowest BCUT2D eigenvalue weighted by molar-refractivity contribution is -0.124. The van der Waals surface area contributed by atoms with Gasteiger partial charge in [-0.05, 0) is 30.9 Å². The number of hydrogen-bond acceptors (Lipinski definition) is 4. The first kappa shape index (κ1) is 19.4. The van der Waals surface area contributed by atoms with Gasteiger partial charge in [-0.25, -0.2) is 4.68 Å². The number of benzene rings is 1. The molecule has 0 bridgehead atoms. The van der Waals surface area contributed by atoms with E-state index in [0.29, 0.717) is 5.52 Å². The predicted molar refractivity (Wildman–Crippen MR) is 117 cm³/mol. The fourth-order valence-electron chi connectivity index (χ4n) is 3.86. The summed E-state index contributed by atoms with van der Waals surface area (Å²) in [4.78, 5) is 27.3. The molecule has 3 aromatic heterocycles. The Morgan fingerprint density at radius 2 is 2.00 bits per heavy atom. The number of aromatic nitrogens is 3. The monoisotopic (exact) mass is 408 g/mol. The van der Waals surface area contributed by atoms with Crippen LogP contribution in [0.4, 0.5) is 0 Å². The number of aryl methyl sites for hydroxylation is 1. The Labute approximate surface area is 172 Å². The van der Waals surface area contributed by atoms with Gasteiger partial charge in [-0.1, -0.05) is 37.6 Å². The molecule has 3 heterocycles. The molecule has 0 saturated heterocycles. The molecule has 1 N–H and O–H groups in total. The standard InChI is InChI=1S/C22H24N4O2S/c1-4-8-17(19-11-7-12-29-19)24-21(27)14(2)26-18-10-6-5-9-15(18)16-13-23-25(3)22(28)20(16)26/h5-7,9-14,17H,4,8H2,1-3H3,(H,24,27)/t14-,17+/m0/s1. The van der Waals surface area contributed by atoms with Crippen LogP contribution in [0.2, 0.25) is 0 Å². The predicted octanol–water partition coefficient (Wildman–Crippen LogP) is 4.17. The third-order valence-electron chi connectivity index (χ3n) is 5.35. The highest BCUT2D eigenvalue weighted by atomic mass is 32.1. The van der Waals surface area contributed by atoms with Crippen LogP contribution in [0.3, 0.4) is 0 Å². The maximum atomic E-state index is 13.3. The Morgan fingerprint density at radius 3 is 2.72 bits per heavy atom. The van der Waals surface area contributed by atoms with E-state index in [2.05, 4.69) is 23.4 Å². The van der Waals surface area contributed by atoms with E-state index >= 15 is 0 Å². The maximum absolute atomic E-state index is 13.3. The maximum Gasteiger partial charge on any atom is 0.291 e. The first-order chi connectivity index (χ1) is 14.0. The van der Waals surface area contributed by atoms with Crippen molar-refractivity contribution in [2.75, 3.05) is 0 Å². The Bertz CT molecular complexity index is 1220. The van der Waals surface area contributed by atoms with Crippen molar-refractivity contribution in [3.05, 3.63) is 63.2 Å². The lowest BCUT2D eigenvalue weighted by Gasteiger charge is -2.22. The van der Waals surface area contributed by atoms with Crippen molar-refractivity contribution in [2.45, 2.75) is 38.8 Å². The normalized spacial score (nSPS) is 13.6. The molecule has 6 nitrogen and oxygen atoms in total. The molecule has 0 fully saturated rings. The summed E-state index contributed by atoms with van der Waals surface area (Å²) in [6, 6.07) is 11.3. The number of carbonyl (C=O) groups excluding carboxylic acids is 1. The van der Waals surface area contributed by atoms with Crippen LogP contribution in [0.15, 0.2) is 52.8 Å².